The summed E-state index contributed by atoms with van der Waals surface area (Å²) in [5.74, 6) is -0.560. The number of phosphoric acid groups is 1. The van der Waals surface area contributed by atoms with E-state index in [4.69, 9.17) is 13.8 Å². The Kier molecular flexibility index (Phi) is 48.1. The molecular weight excluding hydrogens is 880 g/mol. The fraction of sp³-hybridized carbons (Fsp3) is 0.831. The Hall–Kier alpha value is -2.03. The highest BCUT2D eigenvalue weighted by Gasteiger charge is 2.27. The number of amides is 1. The molecule has 0 aliphatic heterocycles. The first-order valence-corrected chi connectivity index (χ1v) is 30.4. The molecule has 1 N–H and O–H groups in total. The number of nitrogens with one attached hydrogen (secondary N) is 1. The van der Waals surface area contributed by atoms with Crippen LogP contribution in [0.15, 0.2) is 48.6 Å². The number of phosphoric ester groups is 1. The minimum absolute atomic E-state index is 0.0252. The molecule has 3 atom stereocenters. The zero-order valence-electron chi connectivity index (χ0n) is 46.0. The van der Waals surface area contributed by atoms with Gasteiger partial charge in [0.05, 0.1) is 33.8 Å². The SMILES string of the molecule is CCCCC/C=C\C/C=C\C/C=C\CCCCCCC(=O)OC(/C=C/CCCCCCCCCCCCC)C(COP(=O)([O-])OCC[N+](C)(C)C)NC(=O)CCCCCCCCCCCCCCC. The summed E-state index contributed by atoms with van der Waals surface area (Å²) < 4.78 is 30.2. The smallest absolute Gasteiger partial charge is 0.306 e. The summed E-state index contributed by atoms with van der Waals surface area (Å²) in [6, 6.07) is -0.894. The Labute approximate surface area is 427 Å². The van der Waals surface area contributed by atoms with Crippen molar-refractivity contribution in [2.75, 3.05) is 40.9 Å². The van der Waals surface area contributed by atoms with Crippen LogP contribution in [-0.4, -0.2) is 69.4 Å². The number of esters is 1. The molecule has 0 aliphatic carbocycles. The van der Waals surface area contributed by atoms with E-state index in [0.717, 1.165) is 77.0 Å². The van der Waals surface area contributed by atoms with E-state index in [1.54, 1.807) is 0 Å². The van der Waals surface area contributed by atoms with Gasteiger partial charge in [-0.25, -0.2) is 0 Å². The van der Waals surface area contributed by atoms with Gasteiger partial charge in [0, 0.05) is 12.8 Å². The van der Waals surface area contributed by atoms with Crippen LogP contribution in [0.3, 0.4) is 0 Å². The van der Waals surface area contributed by atoms with Crippen LogP contribution in [0.1, 0.15) is 265 Å². The van der Waals surface area contributed by atoms with Gasteiger partial charge in [0.2, 0.25) is 5.91 Å². The summed E-state index contributed by atoms with van der Waals surface area (Å²) in [5, 5.41) is 3.02. The monoisotopic (exact) mass is 991 g/mol. The molecule has 0 saturated carbocycles. The van der Waals surface area contributed by atoms with Crippen LogP contribution in [0.2, 0.25) is 0 Å². The number of hydrogen-bond donors (Lipinski definition) is 1. The Morgan fingerprint density at radius 1 is 0.507 bits per heavy atom. The average Bonchev–Trinajstić information content (AvgIpc) is 3.31. The number of nitrogens with zero attached hydrogens (tertiary/aromatic N) is 1. The van der Waals surface area contributed by atoms with Crippen LogP contribution in [0.4, 0.5) is 0 Å². The minimum Gasteiger partial charge on any atom is -0.756 e. The molecule has 404 valence electrons. The number of rotatable bonds is 52. The second-order valence-corrected chi connectivity index (χ2v) is 22.2. The van der Waals surface area contributed by atoms with Gasteiger partial charge in [-0.1, -0.05) is 230 Å². The van der Waals surface area contributed by atoms with Gasteiger partial charge >= 0.3 is 5.97 Å². The van der Waals surface area contributed by atoms with Crippen molar-refractivity contribution < 1.29 is 37.3 Å². The van der Waals surface area contributed by atoms with Crippen LogP contribution in [-0.2, 0) is 27.9 Å². The van der Waals surface area contributed by atoms with Crippen LogP contribution in [0.25, 0.3) is 0 Å². The lowest BCUT2D eigenvalue weighted by Crippen LogP contribution is -2.47. The first kappa shape index (κ1) is 67.0. The second kappa shape index (κ2) is 49.5. The van der Waals surface area contributed by atoms with Crippen molar-refractivity contribution >= 4 is 19.7 Å². The highest BCUT2D eigenvalue weighted by molar-refractivity contribution is 7.45. The first-order chi connectivity index (χ1) is 33.4. The Morgan fingerprint density at radius 2 is 0.884 bits per heavy atom. The van der Waals surface area contributed by atoms with Gasteiger partial charge in [-0.15, -0.1) is 0 Å². The van der Waals surface area contributed by atoms with Crippen molar-refractivity contribution in [2.45, 2.75) is 277 Å². The minimum atomic E-state index is -4.70. The maximum atomic E-state index is 13.5. The molecule has 10 heteroatoms. The Bertz CT molecular complexity index is 1330. The van der Waals surface area contributed by atoms with Crippen molar-refractivity contribution in [3.8, 4) is 0 Å². The van der Waals surface area contributed by atoms with Crippen molar-refractivity contribution in [2.24, 2.45) is 0 Å². The number of allylic oxidation sites excluding steroid dienone is 7. The van der Waals surface area contributed by atoms with E-state index < -0.39 is 26.6 Å². The van der Waals surface area contributed by atoms with E-state index in [1.807, 2.05) is 33.3 Å². The largest absolute Gasteiger partial charge is 0.756 e. The summed E-state index contributed by atoms with van der Waals surface area (Å²) in [4.78, 5) is 39.8. The number of carbonyl (C=O) groups is 2. The van der Waals surface area contributed by atoms with E-state index >= 15 is 0 Å². The van der Waals surface area contributed by atoms with E-state index in [2.05, 4.69) is 62.5 Å². The lowest BCUT2D eigenvalue weighted by atomic mass is 10.0. The lowest BCUT2D eigenvalue weighted by Gasteiger charge is -2.30. The number of quaternary nitrogens is 1. The second-order valence-electron chi connectivity index (χ2n) is 20.8. The molecule has 0 spiro atoms. The molecule has 1 amide bonds. The molecule has 0 rings (SSSR count). The summed E-state index contributed by atoms with van der Waals surface area (Å²) in [6.07, 6.45) is 59.2. The summed E-state index contributed by atoms with van der Waals surface area (Å²) >= 11 is 0. The fourth-order valence-electron chi connectivity index (χ4n) is 8.23. The lowest BCUT2D eigenvalue weighted by molar-refractivity contribution is -0.870. The van der Waals surface area contributed by atoms with Crippen LogP contribution < -0.4 is 10.2 Å². The zero-order chi connectivity index (χ0) is 50.8. The molecule has 0 saturated heterocycles. The molecular formula is C59H111N2O7P. The summed E-state index contributed by atoms with van der Waals surface area (Å²) in [5.41, 5.74) is 0. The predicted octanol–water partition coefficient (Wildman–Crippen LogP) is 16.7. The van der Waals surface area contributed by atoms with E-state index in [1.165, 1.54) is 148 Å². The number of ether oxygens (including phenoxy) is 1. The molecule has 0 bridgehead atoms. The van der Waals surface area contributed by atoms with Crippen molar-refractivity contribution in [1.29, 1.82) is 0 Å². The number of likely N-dealkylation sites (N-methyl/N-ethyl adjacent to an activating group) is 1. The molecule has 3 unspecified atom stereocenters. The van der Waals surface area contributed by atoms with E-state index in [0.29, 0.717) is 23.9 Å². The summed E-state index contributed by atoms with van der Waals surface area (Å²) in [6.45, 7) is 6.81. The van der Waals surface area contributed by atoms with Crippen molar-refractivity contribution in [3.05, 3.63) is 48.6 Å². The van der Waals surface area contributed by atoms with Gasteiger partial charge in [0.25, 0.3) is 7.82 Å². The van der Waals surface area contributed by atoms with Gasteiger partial charge < -0.3 is 28.5 Å². The first-order valence-electron chi connectivity index (χ1n) is 28.9. The van der Waals surface area contributed by atoms with Gasteiger partial charge in [-0.2, -0.15) is 0 Å². The molecule has 0 aromatic carbocycles. The number of carbonyl (C=O) groups excluding carboxylic acids is 2. The molecule has 0 aromatic heterocycles. The normalized spacial score (nSPS) is 14.1. The van der Waals surface area contributed by atoms with E-state index in [-0.39, 0.29) is 24.9 Å². The molecule has 0 fully saturated rings. The van der Waals surface area contributed by atoms with Crippen molar-refractivity contribution in [3.63, 3.8) is 0 Å². The highest BCUT2D eigenvalue weighted by atomic mass is 31.2. The average molecular weight is 992 g/mol. The molecule has 0 aliphatic rings. The standard InChI is InChI=1S/C59H111N2O7P/c1-7-10-13-16-19-22-25-28-29-30-31-34-37-40-43-46-49-52-59(63)68-57(50-47-44-41-38-35-32-26-23-20-17-14-11-8-2)56(55-67-69(64,65)66-54-53-61(4,5)6)60-58(62)51-48-45-42-39-36-33-27-24-21-18-15-12-9-3/h19,22,28-29,31,34,47,50,56-57H,7-18,20-21,23-27,30,32-33,35-46,48-49,51-55H2,1-6H3,(H-,60,62,64,65)/b22-19-,29-28-,34-31-,50-47+. The highest BCUT2D eigenvalue weighted by Crippen LogP contribution is 2.38. The predicted molar refractivity (Wildman–Crippen MR) is 293 cm³/mol. The zero-order valence-corrected chi connectivity index (χ0v) is 46.9. The molecule has 0 aromatic rings. The fourth-order valence-corrected chi connectivity index (χ4v) is 8.96. The molecule has 9 nitrogen and oxygen atoms in total. The summed E-state index contributed by atoms with van der Waals surface area (Å²) in [7, 11) is 1.18. The third kappa shape index (κ3) is 50.7. The third-order valence-electron chi connectivity index (χ3n) is 12.8. The number of hydrogen-bond acceptors (Lipinski definition) is 7. The third-order valence-corrected chi connectivity index (χ3v) is 13.7. The Morgan fingerprint density at radius 3 is 1.35 bits per heavy atom. The Balaban J connectivity index is 5.40. The topological polar surface area (TPSA) is 114 Å². The van der Waals surface area contributed by atoms with Gasteiger partial charge in [-0.05, 0) is 70.3 Å². The van der Waals surface area contributed by atoms with E-state index in [9.17, 15) is 19.0 Å². The van der Waals surface area contributed by atoms with Crippen LogP contribution >= 0.6 is 7.82 Å². The quantitative estimate of drug-likeness (QED) is 0.0212. The number of unbranched alkanes of at least 4 members (excludes halogenated alkanes) is 30. The molecule has 0 radical (unpaired) electrons. The molecule has 69 heavy (non-hydrogen) atoms. The van der Waals surface area contributed by atoms with Crippen molar-refractivity contribution in [1.82, 2.24) is 5.32 Å². The maximum Gasteiger partial charge on any atom is 0.306 e. The van der Waals surface area contributed by atoms with Crippen LogP contribution in [0, 0.1) is 0 Å². The maximum absolute atomic E-state index is 13.5. The van der Waals surface area contributed by atoms with Crippen LogP contribution in [0.5, 0.6) is 0 Å². The van der Waals surface area contributed by atoms with Gasteiger partial charge in [0.1, 0.15) is 19.3 Å². The van der Waals surface area contributed by atoms with Gasteiger partial charge in [-0.3, -0.25) is 14.2 Å². The van der Waals surface area contributed by atoms with Gasteiger partial charge in [0.15, 0.2) is 0 Å². The molecule has 0 heterocycles.